The minimum absolute atomic E-state index is 0.313. The Morgan fingerprint density at radius 3 is 2.78 bits per heavy atom. The lowest BCUT2D eigenvalue weighted by molar-refractivity contribution is -0.139. The summed E-state index contributed by atoms with van der Waals surface area (Å²) < 4.78 is 17.5. The third-order valence-electron chi connectivity index (χ3n) is 4.17. The highest BCUT2D eigenvalue weighted by molar-refractivity contribution is 14.1. The van der Waals surface area contributed by atoms with Crippen LogP contribution in [0.15, 0.2) is 40.0 Å². The molecule has 0 aromatic heterocycles. The van der Waals surface area contributed by atoms with Crippen LogP contribution in [-0.4, -0.2) is 36.4 Å². The largest absolute Gasteiger partial charge is 0.492 e. The van der Waals surface area contributed by atoms with Gasteiger partial charge in [0.15, 0.2) is 16.7 Å². The minimum Gasteiger partial charge on any atom is -0.492 e. The van der Waals surface area contributed by atoms with Gasteiger partial charge in [0.2, 0.25) is 0 Å². The van der Waals surface area contributed by atoms with E-state index in [0.717, 1.165) is 14.3 Å². The first kappa shape index (κ1) is 20.1. The van der Waals surface area contributed by atoms with Crippen LogP contribution in [0, 0.1) is 3.57 Å². The molecule has 144 valence electrons. The monoisotopic (exact) mass is 500 g/mol. The second kappa shape index (κ2) is 8.55. The van der Waals surface area contributed by atoms with Crippen molar-refractivity contribution < 1.29 is 19.0 Å². The third kappa shape index (κ3) is 3.82. The fourth-order valence-electron chi connectivity index (χ4n) is 3.10. The number of ether oxygens (including phenoxy) is 3. The van der Waals surface area contributed by atoms with E-state index in [0.29, 0.717) is 36.0 Å². The van der Waals surface area contributed by atoms with Crippen molar-refractivity contribution in [2.45, 2.75) is 26.8 Å². The van der Waals surface area contributed by atoms with Gasteiger partial charge in [0.05, 0.1) is 41.2 Å². The summed E-state index contributed by atoms with van der Waals surface area (Å²) in [4.78, 5) is 19.3. The normalized spacial score (nSPS) is 18.3. The molecule has 0 fully saturated rings. The van der Waals surface area contributed by atoms with Gasteiger partial charge in [-0.25, -0.2) is 9.79 Å². The van der Waals surface area contributed by atoms with Crippen LogP contribution in [0.5, 0.6) is 11.5 Å². The molecular formula is C19H21IN2O4S. The number of methoxy groups -OCH3 is 1. The van der Waals surface area contributed by atoms with Crippen LogP contribution in [0.3, 0.4) is 0 Å². The maximum Gasteiger partial charge on any atom is 0.338 e. The number of aliphatic imine (C=N–C) groups is 1. The summed E-state index contributed by atoms with van der Waals surface area (Å²) in [7, 11) is 1.62. The molecule has 2 aliphatic rings. The Bertz CT molecular complexity index is 850. The zero-order valence-corrected chi connectivity index (χ0v) is 18.6. The Kier molecular flexibility index (Phi) is 6.36. The smallest absolute Gasteiger partial charge is 0.338 e. The number of thioether (sulfide) groups is 1. The van der Waals surface area contributed by atoms with Gasteiger partial charge in [-0.1, -0.05) is 11.8 Å². The summed E-state index contributed by atoms with van der Waals surface area (Å²) in [5.41, 5.74) is 2.13. The van der Waals surface area contributed by atoms with Crippen molar-refractivity contribution >= 4 is 45.5 Å². The number of allylic oxidation sites excluding steroid dienone is 1. The van der Waals surface area contributed by atoms with Crippen LogP contribution in [0.25, 0.3) is 0 Å². The van der Waals surface area contributed by atoms with Gasteiger partial charge < -0.3 is 19.1 Å². The summed E-state index contributed by atoms with van der Waals surface area (Å²) >= 11 is 3.76. The molecular weight excluding hydrogens is 479 g/mol. The van der Waals surface area contributed by atoms with Crippen molar-refractivity contribution in [2.24, 2.45) is 4.99 Å². The second-order valence-electron chi connectivity index (χ2n) is 5.79. The number of rotatable bonds is 6. The van der Waals surface area contributed by atoms with Crippen molar-refractivity contribution in [2.75, 3.05) is 20.3 Å². The molecule has 0 amide bonds. The molecule has 1 aromatic carbocycles. The number of hydrogen-bond donors (Lipinski definition) is 0. The van der Waals surface area contributed by atoms with Crippen LogP contribution < -0.4 is 9.47 Å². The van der Waals surface area contributed by atoms with Crippen LogP contribution in [0.2, 0.25) is 0 Å². The van der Waals surface area contributed by atoms with Gasteiger partial charge in [-0.2, -0.15) is 0 Å². The minimum atomic E-state index is -0.350. The summed E-state index contributed by atoms with van der Waals surface area (Å²) in [5, 5.41) is 2.81. The van der Waals surface area contributed by atoms with E-state index in [4.69, 9.17) is 14.2 Å². The maximum atomic E-state index is 12.7. The fraction of sp³-hybridized carbons (Fsp3) is 0.368. The highest BCUT2D eigenvalue weighted by Gasteiger charge is 2.38. The van der Waals surface area contributed by atoms with E-state index in [9.17, 15) is 4.79 Å². The van der Waals surface area contributed by atoms with Crippen LogP contribution in [0.1, 0.15) is 32.4 Å². The number of halogens is 1. The number of carbonyl (C=O) groups excluding carboxylic acids is 1. The lowest BCUT2D eigenvalue weighted by Crippen LogP contribution is -2.34. The molecule has 0 saturated carbocycles. The SMILES string of the molecule is CCOC(=O)C1=C(C)N=C2SC=CN2[C@@H]1c1cc(I)c(OC)c(OCC)c1. The molecule has 0 bridgehead atoms. The first-order valence-corrected chi connectivity index (χ1v) is 10.6. The Morgan fingerprint density at radius 2 is 2.11 bits per heavy atom. The Morgan fingerprint density at radius 1 is 1.33 bits per heavy atom. The number of benzene rings is 1. The molecule has 0 N–H and O–H groups in total. The van der Waals surface area contributed by atoms with Crippen molar-refractivity contribution in [1.29, 1.82) is 0 Å². The quantitative estimate of drug-likeness (QED) is 0.425. The zero-order chi connectivity index (χ0) is 19.6. The molecule has 8 heteroatoms. The highest BCUT2D eigenvalue weighted by atomic mass is 127. The van der Waals surface area contributed by atoms with E-state index >= 15 is 0 Å². The predicted octanol–water partition coefficient (Wildman–Crippen LogP) is 4.47. The van der Waals surface area contributed by atoms with Gasteiger partial charge in [0.25, 0.3) is 0 Å². The number of esters is 1. The van der Waals surface area contributed by atoms with E-state index in [1.807, 2.05) is 42.5 Å². The molecule has 2 aliphatic heterocycles. The lowest BCUT2D eigenvalue weighted by atomic mass is 9.94. The fourth-order valence-corrected chi connectivity index (χ4v) is 4.74. The van der Waals surface area contributed by atoms with Crippen molar-refractivity contribution in [3.63, 3.8) is 0 Å². The van der Waals surface area contributed by atoms with Gasteiger partial charge in [0.1, 0.15) is 0 Å². The summed E-state index contributed by atoms with van der Waals surface area (Å²) in [6, 6.07) is 3.61. The molecule has 0 unspecified atom stereocenters. The number of amidine groups is 1. The zero-order valence-electron chi connectivity index (χ0n) is 15.6. The molecule has 0 spiro atoms. The van der Waals surface area contributed by atoms with E-state index in [-0.39, 0.29) is 12.0 Å². The molecule has 0 aliphatic carbocycles. The number of hydrogen-bond acceptors (Lipinski definition) is 7. The molecule has 0 saturated heterocycles. The first-order chi connectivity index (χ1) is 13.0. The highest BCUT2D eigenvalue weighted by Crippen LogP contribution is 2.44. The third-order valence-corrected chi connectivity index (χ3v) is 5.74. The topological polar surface area (TPSA) is 60.4 Å². The van der Waals surface area contributed by atoms with Gasteiger partial charge >= 0.3 is 5.97 Å². The number of fused-ring (bicyclic) bond motifs is 1. The Balaban J connectivity index is 2.15. The van der Waals surface area contributed by atoms with Gasteiger partial charge in [-0.3, -0.25) is 0 Å². The molecule has 1 atom stereocenters. The van der Waals surface area contributed by atoms with E-state index in [1.54, 1.807) is 14.0 Å². The summed E-state index contributed by atoms with van der Waals surface area (Å²) in [5.74, 6) is 0.996. The standard InChI is InChI=1S/C19H21IN2O4S/c1-5-25-14-10-12(9-13(20)17(14)24-4)16-15(18(23)26-6-2)11(3)21-19-22(16)7-8-27-19/h7-10,16H,5-6H2,1-4H3/t16-/m1/s1. The molecule has 0 radical (unpaired) electrons. The van der Waals surface area contributed by atoms with Gasteiger partial charge in [-0.05, 0) is 66.5 Å². The molecule has 1 aromatic rings. The molecule has 27 heavy (non-hydrogen) atoms. The summed E-state index contributed by atoms with van der Waals surface area (Å²) in [6.45, 7) is 6.41. The van der Waals surface area contributed by atoms with E-state index in [1.165, 1.54) is 11.8 Å². The van der Waals surface area contributed by atoms with Crippen LogP contribution in [-0.2, 0) is 9.53 Å². The molecule has 2 heterocycles. The average Bonchev–Trinajstić information content (AvgIpc) is 3.08. The Labute approximate surface area is 176 Å². The van der Waals surface area contributed by atoms with E-state index in [2.05, 4.69) is 27.6 Å². The van der Waals surface area contributed by atoms with Crippen LogP contribution in [0.4, 0.5) is 0 Å². The summed E-state index contributed by atoms with van der Waals surface area (Å²) in [6.07, 6.45) is 1.94. The number of nitrogens with zero attached hydrogens (tertiary/aromatic N) is 2. The van der Waals surface area contributed by atoms with Gasteiger partial charge in [0, 0.05) is 6.20 Å². The molecule has 6 nitrogen and oxygen atoms in total. The second-order valence-corrected chi connectivity index (χ2v) is 7.83. The van der Waals surface area contributed by atoms with Crippen molar-refractivity contribution in [3.8, 4) is 11.5 Å². The van der Waals surface area contributed by atoms with Crippen molar-refractivity contribution in [3.05, 3.63) is 44.1 Å². The first-order valence-electron chi connectivity index (χ1n) is 8.60. The average molecular weight is 500 g/mol. The van der Waals surface area contributed by atoms with Gasteiger partial charge in [-0.15, -0.1) is 0 Å². The van der Waals surface area contributed by atoms with E-state index < -0.39 is 0 Å². The Hall–Kier alpha value is -1.68. The number of carbonyl (C=O) groups is 1. The van der Waals surface area contributed by atoms with Crippen LogP contribution >= 0.6 is 34.4 Å². The predicted molar refractivity (Wildman–Crippen MR) is 115 cm³/mol. The lowest BCUT2D eigenvalue weighted by Gasteiger charge is -2.33. The maximum absolute atomic E-state index is 12.7. The molecule has 3 rings (SSSR count). The van der Waals surface area contributed by atoms with Crippen molar-refractivity contribution in [1.82, 2.24) is 4.90 Å².